The van der Waals surface area contributed by atoms with Crippen LogP contribution >= 0.6 is 11.8 Å². The van der Waals surface area contributed by atoms with Crippen LogP contribution in [0.25, 0.3) is 0 Å². The third-order valence-corrected chi connectivity index (χ3v) is 6.89. The zero-order valence-electron chi connectivity index (χ0n) is 14.4. The van der Waals surface area contributed by atoms with Crippen molar-refractivity contribution >= 4 is 23.6 Å². The zero-order valence-corrected chi connectivity index (χ0v) is 15.2. The first kappa shape index (κ1) is 17.2. The summed E-state index contributed by atoms with van der Waals surface area (Å²) >= 11 is 1.63. The highest BCUT2D eigenvalue weighted by Gasteiger charge is 2.44. The molecule has 26 heavy (non-hydrogen) atoms. The van der Waals surface area contributed by atoms with Gasteiger partial charge in [0.05, 0.1) is 10.7 Å². The van der Waals surface area contributed by atoms with Crippen LogP contribution in [0, 0.1) is 0 Å². The number of nitrogens with zero attached hydrogens (tertiary/aromatic N) is 1. The van der Waals surface area contributed by atoms with Crippen molar-refractivity contribution in [1.82, 2.24) is 4.90 Å². The number of hydrogen-bond acceptors (Lipinski definition) is 3. The van der Waals surface area contributed by atoms with E-state index < -0.39 is 11.4 Å². The van der Waals surface area contributed by atoms with E-state index in [1.54, 1.807) is 11.8 Å². The van der Waals surface area contributed by atoms with Crippen LogP contribution in [-0.4, -0.2) is 40.2 Å². The largest absolute Gasteiger partial charge is 0.481 e. The van der Waals surface area contributed by atoms with Crippen LogP contribution in [0.4, 0.5) is 0 Å². The SMILES string of the molecule is O=C(C1Cc2ccccc2S1)N1CCC(C(=O)O)(c2ccccc2)CC1. The molecule has 0 saturated carbocycles. The Kier molecular flexibility index (Phi) is 4.49. The first-order valence-corrected chi connectivity index (χ1v) is 9.80. The number of thioether (sulfide) groups is 1. The van der Waals surface area contributed by atoms with E-state index in [2.05, 4.69) is 12.1 Å². The third-order valence-electron chi connectivity index (χ3n) is 5.59. The third kappa shape index (κ3) is 2.90. The molecule has 0 radical (unpaired) electrons. The van der Waals surface area contributed by atoms with Gasteiger partial charge in [-0.25, -0.2) is 0 Å². The average molecular weight is 367 g/mol. The second-order valence-electron chi connectivity index (χ2n) is 7.00. The Morgan fingerprint density at radius 3 is 2.31 bits per heavy atom. The standard InChI is InChI=1S/C21H21NO3S/c23-19(18-14-15-6-4-5-9-17(15)26-18)22-12-10-21(11-13-22,20(24)25)16-7-2-1-3-8-16/h1-9,18H,10-14H2,(H,24,25). The number of carboxylic acid groups (broad SMARTS) is 1. The molecule has 1 saturated heterocycles. The van der Waals surface area contributed by atoms with E-state index in [0.29, 0.717) is 25.9 Å². The minimum absolute atomic E-state index is 0.0820. The molecule has 0 aromatic heterocycles. The Hall–Kier alpha value is -2.27. The summed E-state index contributed by atoms with van der Waals surface area (Å²) in [5.74, 6) is -0.656. The van der Waals surface area contributed by atoms with Crippen molar-refractivity contribution in [2.45, 2.75) is 34.8 Å². The number of fused-ring (bicyclic) bond motifs is 1. The number of benzene rings is 2. The molecular weight excluding hydrogens is 346 g/mol. The van der Waals surface area contributed by atoms with Gasteiger partial charge in [-0.1, -0.05) is 48.5 Å². The van der Waals surface area contributed by atoms with Crippen molar-refractivity contribution in [3.63, 3.8) is 0 Å². The Morgan fingerprint density at radius 2 is 1.65 bits per heavy atom. The van der Waals surface area contributed by atoms with E-state index in [-0.39, 0.29) is 11.2 Å². The maximum Gasteiger partial charge on any atom is 0.314 e. The second-order valence-corrected chi connectivity index (χ2v) is 8.24. The van der Waals surface area contributed by atoms with E-state index in [9.17, 15) is 14.7 Å². The molecule has 5 heteroatoms. The Balaban J connectivity index is 1.46. The van der Waals surface area contributed by atoms with Gasteiger partial charge in [0.2, 0.25) is 5.91 Å². The summed E-state index contributed by atoms with van der Waals surface area (Å²) in [5, 5.41) is 9.81. The number of rotatable bonds is 3. The highest BCUT2D eigenvalue weighted by molar-refractivity contribution is 8.01. The maximum atomic E-state index is 12.9. The lowest BCUT2D eigenvalue weighted by Crippen LogP contribution is -2.50. The number of piperidine rings is 1. The molecule has 2 aromatic carbocycles. The van der Waals surface area contributed by atoms with Crippen molar-refractivity contribution in [2.24, 2.45) is 0 Å². The van der Waals surface area contributed by atoms with Crippen molar-refractivity contribution < 1.29 is 14.7 Å². The van der Waals surface area contributed by atoms with Crippen LogP contribution in [0.2, 0.25) is 0 Å². The van der Waals surface area contributed by atoms with Gasteiger partial charge in [-0.3, -0.25) is 9.59 Å². The summed E-state index contributed by atoms with van der Waals surface area (Å²) in [7, 11) is 0. The zero-order chi connectivity index (χ0) is 18.1. The molecule has 0 aliphatic carbocycles. The smallest absolute Gasteiger partial charge is 0.314 e. The van der Waals surface area contributed by atoms with E-state index in [0.717, 1.165) is 12.0 Å². The van der Waals surface area contributed by atoms with Crippen LogP contribution in [0.3, 0.4) is 0 Å². The van der Waals surface area contributed by atoms with Gasteiger partial charge >= 0.3 is 5.97 Å². The first-order valence-electron chi connectivity index (χ1n) is 8.92. The van der Waals surface area contributed by atoms with E-state index in [4.69, 9.17) is 0 Å². The molecule has 4 nitrogen and oxygen atoms in total. The van der Waals surface area contributed by atoms with Crippen LogP contribution in [-0.2, 0) is 21.4 Å². The molecule has 4 rings (SSSR count). The highest BCUT2D eigenvalue weighted by atomic mass is 32.2. The monoisotopic (exact) mass is 367 g/mol. The van der Waals surface area contributed by atoms with Gasteiger partial charge in [0, 0.05) is 18.0 Å². The number of amides is 1. The minimum atomic E-state index is -0.885. The van der Waals surface area contributed by atoms with Crippen LogP contribution in [0.1, 0.15) is 24.0 Å². The summed E-state index contributed by atoms with van der Waals surface area (Å²) in [6, 6.07) is 17.6. The molecule has 2 aliphatic heterocycles. The van der Waals surface area contributed by atoms with Gasteiger partial charge in [-0.2, -0.15) is 0 Å². The molecular formula is C21H21NO3S. The van der Waals surface area contributed by atoms with E-state index >= 15 is 0 Å². The molecule has 0 bridgehead atoms. The molecule has 1 N–H and O–H groups in total. The number of likely N-dealkylation sites (tertiary alicyclic amines) is 1. The summed E-state index contributed by atoms with van der Waals surface area (Å²) in [6.07, 6.45) is 1.68. The summed E-state index contributed by atoms with van der Waals surface area (Å²) < 4.78 is 0. The van der Waals surface area contributed by atoms with Gasteiger partial charge in [-0.05, 0) is 36.5 Å². The fraction of sp³-hybridized carbons (Fsp3) is 0.333. The van der Waals surface area contributed by atoms with Gasteiger partial charge in [0.25, 0.3) is 0 Å². The normalized spacial score (nSPS) is 21.2. The van der Waals surface area contributed by atoms with Crippen molar-refractivity contribution in [3.05, 3.63) is 65.7 Å². The second kappa shape index (κ2) is 6.80. The lowest BCUT2D eigenvalue weighted by molar-refractivity contribution is -0.148. The highest BCUT2D eigenvalue weighted by Crippen LogP contribution is 2.40. The average Bonchev–Trinajstić information content (AvgIpc) is 3.12. The van der Waals surface area contributed by atoms with Crippen LogP contribution in [0.15, 0.2) is 59.5 Å². The number of carboxylic acids is 1. The Labute approximate surface area is 157 Å². The molecule has 0 spiro atoms. The lowest BCUT2D eigenvalue weighted by atomic mass is 9.73. The molecule has 1 unspecified atom stereocenters. The van der Waals surface area contributed by atoms with Crippen molar-refractivity contribution in [2.75, 3.05) is 13.1 Å². The fourth-order valence-corrected chi connectivity index (χ4v) is 5.29. The molecule has 2 aromatic rings. The van der Waals surface area contributed by atoms with Gasteiger partial charge in [-0.15, -0.1) is 11.8 Å². The molecule has 1 fully saturated rings. The van der Waals surface area contributed by atoms with Crippen LogP contribution < -0.4 is 0 Å². The Bertz CT molecular complexity index is 803. The van der Waals surface area contributed by atoms with Crippen LogP contribution in [0.5, 0.6) is 0 Å². The molecule has 1 amide bonds. The van der Waals surface area contributed by atoms with E-state index in [1.807, 2.05) is 47.4 Å². The van der Waals surface area contributed by atoms with Crippen molar-refractivity contribution in [3.8, 4) is 0 Å². The van der Waals surface area contributed by atoms with Gasteiger partial charge in [0.1, 0.15) is 0 Å². The first-order chi connectivity index (χ1) is 12.6. The molecule has 2 aliphatic rings. The predicted molar refractivity (Wildman–Crippen MR) is 101 cm³/mol. The molecule has 1 atom stereocenters. The number of carbonyl (C=O) groups is 2. The number of aliphatic carboxylic acids is 1. The topological polar surface area (TPSA) is 57.6 Å². The fourth-order valence-electron chi connectivity index (χ4n) is 4.02. The Morgan fingerprint density at radius 1 is 1.00 bits per heavy atom. The molecule has 134 valence electrons. The van der Waals surface area contributed by atoms with Gasteiger partial charge in [0.15, 0.2) is 0 Å². The van der Waals surface area contributed by atoms with E-state index in [1.165, 1.54) is 10.5 Å². The summed E-state index contributed by atoms with van der Waals surface area (Å²) in [6.45, 7) is 0.987. The lowest BCUT2D eigenvalue weighted by Gasteiger charge is -2.40. The quantitative estimate of drug-likeness (QED) is 0.904. The van der Waals surface area contributed by atoms with Gasteiger partial charge < -0.3 is 10.0 Å². The maximum absolute atomic E-state index is 12.9. The predicted octanol–water partition coefficient (Wildman–Crippen LogP) is 3.35. The summed E-state index contributed by atoms with van der Waals surface area (Å²) in [4.78, 5) is 28.0. The minimum Gasteiger partial charge on any atom is -0.481 e. The molecule has 2 heterocycles. The summed E-state index contributed by atoms with van der Waals surface area (Å²) in [5.41, 5.74) is 1.18. The number of hydrogen-bond donors (Lipinski definition) is 1. The van der Waals surface area contributed by atoms with Crippen molar-refractivity contribution in [1.29, 1.82) is 0 Å². The number of carbonyl (C=O) groups excluding carboxylic acids is 1.